The Bertz CT molecular complexity index is 448. The van der Waals surface area contributed by atoms with Crippen LogP contribution in [0.4, 0.5) is 0 Å². The molecule has 2 rings (SSSR count). The molecule has 0 bridgehead atoms. The maximum Gasteiger partial charge on any atom is 0.293 e. The molecule has 0 spiro atoms. The van der Waals surface area contributed by atoms with E-state index in [0.717, 1.165) is 18.7 Å². The quantitative estimate of drug-likeness (QED) is 0.836. The minimum atomic E-state index is 0.438. The number of nitrogens with zero attached hydrogens (tertiary/aromatic N) is 2. The van der Waals surface area contributed by atoms with E-state index in [1.54, 1.807) is 0 Å². The molecule has 1 N–H and O–H groups in total. The summed E-state index contributed by atoms with van der Waals surface area (Å²) in [5.74, 6) is 2.63. The molecule has 86 valence electrons. The molecule has 2 aromatic heterocycles. The molecular weight excluding hydrogens is 206 g/mol. The normalized spacial score (nSPS) is 10.9. The highest BCUT2D eigenvalue weighted by molar-refractivity contribution is 5.44. The lowest BCUT2D eigenvalue weighted by Gasteiger charge is -1.92. The third-order valence-electron chi connectivity index (χ3n) is 2.22. The second-order valence-corrected chi connectivity index (χ2v) is 3.42. The second-order valence-electron chi connectivity index (χ2n) is 3.42. The van der Waals surface area contributed by atoms with Crippen molar-refractivity contribution < 1.29 is 8.94 Å². The average molecular weight is 221 g/mol. The average Bonchev–Trinajstić information content (AvgIpc) is 2.94. The summed E-state index contributed by atoms with van der Waals surface area (Å²) in [5, 5.41) is 6.99. The van der Waals surface area contributed by atoms with E-state index in [-0.39, 0.29) is 0 Å². The van der Waals surface area contributed by atoms with Gasteiger partial charge in [-0.15, -0.1) is 0 Å². The van der Waals surface area contributed by atoms with Crippen molar-refractivity contribution in [3.8, 4) is 11.7 Å². The summed E-state index contributed by atoms with van der Waals surface area (Å²) < 4.78 is 10.6. The summed E-state index contributed by atoms with van der Waals surface area (Å²) in [6, 6.07) is 3.77. The molecule has 2 aromatic rings. The first-order valence-electron chi connectivity index (χ1n) is 5.45. The Labute approximate surface area is 93.8 Å². The van der Waals surface area contributed by atoms with E-state index in [1.165, 1.54) is 0 Å². The Morgan fingerprint density at radius 2 is 2.19 bits per heavy atom. The van der Waals surface area contributed by atoms with E-state index in [2.05, 4.69) is 15.5 Å². The molecule has 16 heavy (non-hydrogen) atoms. The minimum absolute atomic E-state index is 0.438. The summed E-state index contributed by atoms with van der Waals surface area (Å²) in [6.45, 7) is 5.56. The van der Waals surface area contributed by atoms with Gasteiger partial charge in [-0.05, 0) is 18.7 Å². The number of aromatic nitrogens is 2. The fourth-order valence-electron chi connectivity index (χ4n) is 1.35. The molecule has 5 heteroatoms. The molecule has 0 unspecified atom stereocenters. The van der Waals surface area contributed by atoms with E-state index in [0.29, 0.717) is 24.0 Å². The summed E-state index contributed by atoms with van der Waals surface area (Å²) >= 11 is 0. The topological polar surface area (TPSA) is 64.1 Å². The number of hydrogen-bond donors (Lipinski definition) is 1. The number of aryl methyl sites for hydroxylation is 1. The van der Waals surface area contributed by atoms with Crippen LogP contribution in [0.25, 0.3) is 11.7 Å². The van der Waals surface area contributed by atoms with Crippen LogP contribution in [-0.2, 0) is 13.0 Å². The fraction of sp³-hybridized carbons (Fsp3) is 0.455. The van der Waals surface area contributed by atoms with Gasteiger partial charge in [0.1, 0.15) is 5.76 Å². The van der Waals surface area contributed by atoms with Gasteiger partial charge in [-0.3, -0.25) is 0 Å². The summed E-state index contributed by atoms with van der Waals surface area (Å²) in [6.07, 6.45) is 0.860. The van der Waals surface area contributed by atoms with Gasteiger partial charge in [0.05, 0.1) is 6.54 Å². The summed E-state index contributed by atoms with van der Waals surface area (Å²) in [4.78, 5) is 4.23. The van der Waals surface area contributed by atoms with E-state index in [9.17, 15) is 0 Å². The van der Waals surface area contributed by atoms with E-state index < -0.39 is 0 Å². The maximum atomic E-state index is 5.52. The Kier molecular flexibility index (Phi) is 3.36. The Morgan fingerprint density at radius 3 is 2.88 bits per heavy atom. The molecule has 0 aromatic carbocycles. The van der Waals surface area contributed by atoms with Crippen LogP contribution in [0.2, 0.25) is 0 Å². The lowest BCUT2D eigenvalue weighted by Crippen LogP contribution is -2.12. The van der Waals surface area contributed by atoms with E-state index in [4.69, 9.17) is 8.94 Å². The van der Waals surface area contributed by atoms with Crippen molar-refractivity contribution in [2.75, 3.05) is 6.54 Å². The van der Waals surface area contributed by atoms with Gasteiger partial charge in [0.15, 0.2) is 11.6 Å². The first-order chi connectivity index (χ1) is 7.83. The molecule has 0 saturated carbocycles. The molecular formula is C11H15N3O2. The summed E-state index contributed by atoms with van der Waals surface area (Å²) in [5.41, 5.74) is 0. The number of nitrogens with one attached hydrogen (secondary N) is 1. The predicted molar refractivity (Wildman–Crippen MR) is 58.8 cm³/mol. The lowest BCUT2D eigenvalue weighted by molar-refractivity contribution is 0.403. The highest BCUT2D eigenvalue weighted by Gasteiger charge is 2.11. The van der Waals surface area contributed by atoms with Crippen molar-refractivity contribution in [1.82, 2.24) is 15.5 Å². The third kappa shape index (κ3) is 2.30. The Balaban J connectivity index is 2.11. The van der Waals surface area contributed by atoms with Crippen molar-refractivity contribution in [2.45, 2.75) is 26.8 Å². The minimum Gasteiger partial charge on any atom is -0.456 e. The van der Waals surface area contributed by atoms with Gasteiger partial charge in [-0.2, -0.15) is 4.98 Å². The van der Waals surface area contributed by atoms with Gasteiger partial charge in [0.25, 0.3) is 5.89 Å². The highest BCUT2D eigenvalue weighted by Crippen LogP contribution is 2.20. The molecule has 0 aliphatic carbocycles. The van der Waals surface area contributed by atoms with Crippen LogP contribution in [0, 0.1) is 0 Å². The predicted octanol–water partition coefficient (Wildman–Crippen LogP) is 2.00. The molecule has 0 atom stereocenters. The van der Waals surface area contributed by atoms with Gasteiger partial charge in [0.2, 0.25) is 0 Å². The number of rotatable bonds is 5. The van der Waals surface area contributed by atoms with Gasteiger partial charge in [-0.1, -0.05) is 19.0 Å². The van der Waals surface area contributed by atoms with Crippen LogP contribution in [-0.4, -0.2) is 16.7 Å². The lowest BCUT2D eigenvalue weighted by atomic mass is 10.3. The fourth-order valence-corrected chi connectivity index (χ4v) is 1.35. The van der Waals surface area contributed by atoms with Gasteiger partial charge in [0, 0.05) is 6.42 Å². The Morgan fingerprint density at radius 1 is 1.31 bits per heavy atom. The largest absolute Gasteiger partial charge is 0.456 e. The van der Waals surface area contributed by atoms with Crippen molar-refractivity contribution in [3.63, 3.8) is 0 Å². The molecule has 0 aliphatic rings. The van der Waals surface area contributed by atoms with E-state index in [1.807, 2.05) is 26.0 Å². The first-order valence-corrected chi connectivity index (χ1v) is 5.45. The van der Waals surface area contributed by atoms with Crippen LogP contribution in [0.15, 0.2) is 21.1 Å². The van der Waals surface area contributed by atoms with Crippen LogP contribution < -0.4 is 5.32 Å². The van der Waals surface area contributed by atoms with E-state index >= 15 is 0 Å². The molecule has 0 aliphatic heterocycles. The molecule has 0 saturated heterocycles. The van der Waals surface area contributed by atoms with Gasteiger partial charge < -0.3 is 14.3 Å². The van der Waals surface area contributed by atoms with Crippen LogP contribution in [0.3, 0.4) is 0 Å². The van der Waals surface area contributed by atoms with Crippen molar-refractivity contribution in [3.05, 3.63) is 23.7 Å². The SMILES string of the molecule is CCNCc1noc(-c2ccc(CC)o2)n1. The van der Waals surface area contributed by atoms with Crippen LogP contribution in [0.5, 0.6) is 0 Å². The first kappa shape index (κ1) is 10.9. The third-order valence-corrected chi connectivity index (χ3v) is 2.22. The monoisotopic (exact) mass is 221 g/mol. The van der Waals surface area contributed by atoms with Crippen molar-refractivity contribution in [1.29, 1.82) is 0 Å². The van der Waals surface area contributed by atoms with Crippen molar-refractivity contribution in [2.24, 2.45) is 0 Å². The van der Waals surface area contributed by atoms with Gasteiger partial charge >= 0.3 is 0 Å². The summed E-state index contributed by atoms with van der Waals surface area (Å²) in [7, 11) is 0. The molecule has 2 heterocycles. The zero-order valence-corrected chi connectivity index (χ0v) is 9.49. The Hall–Kier alpha value is -1.62. The smallest absolute Gasteiger partial charge is 0.293 e. The standard InChI is InChI=1S/C11H15N3O2/c1-3-8-5-6-9(15-8)11-13-10(14-16-11)7-12-4-2/h5-6,12H,3-4,7H2,1-2H3. The maximum absolute atomic E-state index is 5.52. The number of furan rings is 1. The number of hydrogen-bond acceptors (Lipinski definition) is 5. The van der Waals surface area contributed by atoms with Crippen molar-refractivity contribution >= 4 is 0 Å². The molecule has 0 radical (unpaired) electrons. The molecule has 5 nitrogen and oxygen atoms in total. The zero-order valence-electron chi connectivity index (χ0n) is 9.49. The second kappa shape index (κ2) is 4.94. The van der Waals surface area contributed by atoms with Crippen LogP contribution in [0.1, 0.15) is 25.4 Å². The molecule has 0 fully saturated rings. The van der Waals surface area contributed by atoms with Gasteiger partial charge in [-0.25, -0.2) is 0 Å². The highest BCUT2D eigenvalue weighted by atomic mass is 16.5. The molecule has 0 amide bonds. The zero-order chi connectivity index (χ0) is 11.4. The van der Waals surface area contributed by atoms with Crippen LogP contribution >= 0.6 is 0 Å².